The molecule has 1 rings (SSSR count). The average Bonchev–Trinajstić information content (AvgIpc) is 2.05. The van der Waals surface area contributed by atoms with Crippen LogP contribution in [0.1, 0.15) is 11.7 Å². The fourth-order valence-corrected chi connectivity index (χ4v) is 1.10. The van der Waals surface area contributed by atoms with Crippen LogP contribution >= 0.6 is 15.9 Å². The molecule has 1 aromatic rings. The van der Waals surface area contributed by atoms with Gasteiger partial charge in [-0.15, -0.1) is 0 Å². The van der Waals surface area contributed by atoms with Gasteiger partial charge in [0, 0.05) is 4.47 Å². The van der Waals surface area contributed by atoms with E-state index in [9.17, 15) is 0 Å². The van der Waals surface area contributed by atoms with E-state index in [0.717, 1.165) is 10.0 Å². The van der Waals surface area contributed by atoms with Crippen LogP contribution in [0.25, 0.3) is 0 Å². The van der Waals surface area contributed by atoms with Gasteiger partial charge in [-0.1, -0.05) is 28.1 Å². The summed E-state index contributed by atoms with van der Waals surface area (Å²) in [4.78, 5) is 0. The Labute approximate surface area is 74.9 Å². The molecule has 0 heterocycles. The molecule has 1 atom stereocenters. The molecule has 0 fully saturated rings. The van der Waals surface area contributed by atoms with Gasteiger partial charge in [-0.2, -0.15) is 0 Å². The molecule has 1 aromatic carbocycles. The maximum Gasteiger partial charge on any atom is 0.0807 e. The molecule has 3 heteroatoms. The molecular formula is C8H11BrN2. The lowest BCUT2D eigenvalue weighted by atomic mass is 10.2. The van der Waals surface area contributed by atoms with E-state index in [-0.39, 0.29) is 6.17 Å². The number of hydrogen-bond acceptors (Lipinski definition) is 2. The number of halogens is 1. The standard InChI is InChI=1S/C8H11BrN2/c1-11-8(10)6-2-4-7(9)5-3-6/h2-5,8,11H,10H2,1H3. The highest BCUT2D eigenvalue weighted by molar-refractivity contribution is 9.10. The van der Waals surface area contributed by atoms with E-state index < -0.39 is 0 Å². The van der Waals surface area contributed by atoms with Crippen LogP contribution in [0.4, 0.5) is 0 Å². The quantitative estimate of drug-likeness (QED) is 0.735. The first-order valence-corrected chi connectivity index (χ1v) is 4.21. The smallest absolute Gasteiger partial charge is 0.0807 e. The molecule has 60 valence electrons. The van der Waals surface area contributed by atoms with Crippen LogP contribution in [0.3, 0.4) is 0 Å². The van der Waals surface area contributed by atoms with Gasteiger partial charge in [0.05, 0.1) is 6.17 Å². The molecule has 0 aliphatic rings. The van der Waals surface area contributed by atoms with Crippen molar-refractivity contribution in [3.63, 3.8) is 0 Å². The summed E-state index contributed by atoms with van der Waals surface area (Å²) in [6.45, 7) is 0. The van der Waals surface area contributed by atoms with Gasteiger partial charge in [0.1, 0.15) is 0 Å². The highest BCUT2D eigenvalue weighted by atomic mass is 79.9. The molecule has 0 bridgehead atoms. The van der Waals surface area contributed by atoms with Crippen molar-refractivity contribution in [2.24, 2.45) is 5.73 Å². The zero-order valence-corrected chi connectivity index (χ0v) is 7.93. The van der Waals surface area contributed by atoms with E-state index in [1.165, 1.54) is 0 Å². The summed E-state index contributed by atoms with van der Waals surface area (Å²) < 4.78 is 1.07. The number of nitrogens with two attached hydrogens (primary N) is 1. The molecule has 11 heavy (non-hydrogen) atoms. The van der Waals surface area contributed by atoms with Crippen molar-refractivity contribution >= 4 is 15.9 Å². The summed E-state index contributed by atoms with van der Waals surface area (Å²) in [6, 6.07) is 7.94. The second-order valence-corrected chi connectivity index (χ2v) is 3.23. The minimum atomic E-state index is -0.0666. The average molecular weight is 215 g/mol. The predicted octanol–water partition coefficient (Wildman–Crippen LogP) is 1.63. The SMILES string of the molecule is CNC(N)c1ccc(Br)cc1. The number of nitrogens with one attached hydrogen (secondary N) is 1. The Bertz CT molecular complexity index is 220. The summed E-state index contributed by atoms with van der Waals surface area (Å²) in [7, 11) is 1.84. The number of hydrogen-bond donors (Lipinski definition) is 2. The lowest BCUT2D eigenvalue weighted by Crippen LogP contribution is -2.24. The maximum absolute atomic E-state index is 5.72. The molecule has 3 N–H and O–H groups in total. The number of rotatable bonds is 2. The van der Waals surface area contributed by atoms with Crippen LogP contribution in [0, 0.1) is 0 Å². The first-order chi connectivity index (χ1) is 5.24. The monoisotopic (exact) mass is 214 g/mol. The molecule has 0 saturated carbocycles. The Morgan fingerprint density at radius 1 is 1.36 bits per heavy atom. The lowest BCUT2D eigenvalue weighted by molar-refractivity contribution is 0.622. The predicted molar refractivity (Wildman–Crippen MR) is 50.1 cm³/mol. The van der Waals surface area contributed by atoms with Gasteiger partial charge in [-0.05, 0) is 24.7 Å². The molecule has 0 aliphatic carbocycles. The van der Waals surface area contributed by atoms with Crippen LogP contribution in [0.2, 0.25) is 0 Å². The lowest BCUT2D eigenvalue weighted by Gasteiger charge is -2.09. The maximum atomic E-state index is 5.72. The van der Waals surface area contributed by atoms with Crippen LogP contribution in [-0.2, 0) is 0 Å². The third kappa shape index (κ3) is 2.29. The molecule has 2 nitrogen and oxygen atoms in total. The highest BCUT2D eigenvalue weighted by Gasteiger charge is 2.00. The zero-order chi connectivity index (χ0) is 8.27. The first kappa shape index (κ1) is 8.71. The van der Waals surface area contributed by atoms with Crippen molar-refractivity contribution in [1.29, 1.82) is 0 Å². The normalized spacial score (nSPS) is 13.0. The first-order valence-electron chi connectivity index (χ1n) is 3.42. The van der Waals surface area contributed by atoms with E-state index in [2.05, 4.69) is 21.2 Å². The minimum absolute atomic E-state index is 0.0666. The molecule has 0 amide bonds. The number of benzene rings is 1. The summed E-state index contributed by atoms with van der Waals surface area (Å²) in [5.74, 6) is 0. The second-order valence-electron chi connectivity index (χ2n) is 2.32. The molecule has 0 aromatic heterocycles. The Morgan fingerprint density at radius 3 is 2.36 bits per heavy atom. The summed E-state index contributed by atoms with van der Waals surface area (Å²) in [6.07, 6.45) is -0.0666. The van der Waals surface area contributed by atoms with Crippen molar-refractivity contribution in [2.45, 2.75) is 6.17 Å². The fraction of sp³-hybridized carbons (Fsp3) is 0.250. The third-order valence-corrected chi connectivity index (χ3v) is 2.07. The van der Waals surface area contributed by atoms with E-state index in [1.807, 2.05) is 31.3 Å². The van der Waals surface area contributed by atoms with Crippen LogP contribution in [0.5, 0.6) is 0 Å². The third-order valence-electron chi connectivity index (χ3n) is 1.54. The van der Waals surface area contributed by atoms with Gasteiger partial charge in [0.15, 0.2) is 0 Å². The van der Waals surface area contributed by atoms with Crippen LogP contribution in [-0.4, -0.2) is 7.05 Å². The fourth-order valence-electron chi connectivity index (χ4n) is 0.837. The molecule has 0 aliphatic heterocycles. The van der Waals surface area contributed by atoms with Gasteiger partial charge in [-0.3, -0.25) is 0 Å². The van der Waals surface area contributed by atoms with Gasteiger partial charge in [0.25, 0.3) is 0 Å². The summed E-state index contributed by atoms with van der Waals surface area (Å²) >= 11 is 3.36. The van der Waals surface area contributed by atoms with E-state index in [4.69, 9.17) is 5.73 Å². The van der Waals surface area contributed by atoms with E-state index in [0.29, 0.717) is 0 Å². The van der Waals surface area contributed by atoms with Crippen molar-refractivity contribution in [3.8, 4) is 0 Å². The zero-order valence-electron chi connectivity index (χ0n) is 6.34. The van der Waals surface area contributed by atoms with Crippen molar-refractivity contribution < 1.29 is 0 Å². The van der Waals surface area contributed by atoms with Gasteiger partial charge in [0.2, 0.25) is 0 Å². The van der Waals surface area contributed by atoms with Gasteiger partial charge >= 0.3 is 0 Å². The molecular weight excluding hydrogens is 204 g/mol. The summed E-state index contributed by atoms with van der Waals surface area (Å²) in [5, 5.41) is 2.96. The molecule has 0 saturated heterocycles. The van der Waals surface area contributed by atoms with E-state index >= 15 is 0 Å². The van der Waals surface area contributed by atoms with E-state index in [1.54, 1.807) is 0 Å². The summed E-state index contributed by atoms with van der Waals surface area (Å²) in [5.41, 5.74) is 6.81. The Morgan fingerprint density at radius 2 is 1.91 bits per heavy atom. The minimum Gasteiger partial charge on any atom is -0.312 e. The van der Waals surface area contributed by atoms with Gasteiger partial charge < -0.3 is 11.1 Å². The largest absolute Gasteiger partial charge is 0.312 e. The van der Waals surface area contributed by atoms with Crippen molar-refractivity contribution in [1.82, 2.24) is 5.32 Å². The van der Waals surface area contributed by atoms with Crippen LogP contribution in [0.15, 0.2) is 28.7 Å². The molecule has 0 radical (unpaired) electrons. The van der Waals surface area contributed by atoms with Crippen molar-refractivity contribution in [3.05, 3.63) is 34.3 Å². The Hall–Kier alpha value is -0.380. The highest BCUT2D eigenvalue weighted by Crippen LogP contribution is 2.13. The Kier molecular flexibility index (Phi) is 3.05. The van der Waals surface area contributed by atoms with Crippen molar-refractivity contribution in [2.75, 3.05) is 7.05 Å². The van der Waals surface area contributed by atoms with Crippen LogP contribution < -0.4 is 11.1 Å². The second kappa shape index (κ2) is 3.85. The Balaban J connectivity index is 2.81. The van der Waals surface area contributed by atoms with Gasteiger partial charge in [-0.25, -0.2) is 0 Å². The molecule has 0 spiro atoms. The topological polar surface area (TPSA) is 38.0 Å². The molecule has 1 unspecified atom stereocenters.